The fourth-order valence-corrected chi connectivity index (χ4v) is 0.959. The van der Waals surface area contributed by atoms with Crippen LogP contribution >= 0.6 is 0 Å². The molecule has 0 aromatic rings. The number of carbonyl (C=O) groups is 2. The van der Waals surface area contributed by atoms with Gasteiger partial charge in [-0.1, -0.05) is 34.6 Å². The van der Waals surface area contributed by atoms with Gasteiger partial charge in [0.25, 0.3) is 11.8 Å². The Labute approximate surface area is 92.4 Å². The van der Waals surface area contributed by atoms with E-state index in [1.165, 1.54) is 4.90 Å². The fourth-order valence-electron chi connectivity index (χ4n) is 0.959. The summed E-state index contributed by atoms with van der Waals surface area (Å²) in [6.07, 6.45) is 0.523. The maximum Gasteiger partial charge on any atom is 0.268 e. The summed E-state index contributed by atoms with van der Waals surface area (Å²) in [4.78, 5) is 27.0. The zero-order valence-electron chi connectivity index (χ0n) is 10.6. The van der Waals surface area contributed by atoms with Gasteiger partial charge in [0, 0.05) is 7.05 Å². The molecule has 0 aromatic carbocycles. The van der Waals surface area contributed by atoms with Gasteiger partial charge in [-0.15, -0.1) is 0 Å². The van der Waals surface area contributed by atoms with E-state index in [9.17, 15) is 9.59 Å². The molecule has 4 nitrogen and oxygen atoms in total. The van der Waals surface area contributed by atoms with Gasteiger partial charge < -0.3 is 4.90 Å². The lowest BCUT2D eigenvalue weighted by molar-refractivity contribution is -0.130. The normalized spacial score (nSPS) is 14.5. The molecule has 0 saturated carbocycles. The van der Waals surface area contributed by atoms with Crippen LogP contribution in [0.1, 0.15) is 41.0 Å². The van der Waals surface area contributed by atoms with Crippen LogP contribution < -0.4 is 0 Å². The van der Waals surface area contributed by atoms with Crippen molar-refractivity contribution in [3.05, 3.63) is 0 Å². The molecular formula is C11H22N2O2. The third-order valence-electron chi connectivity index (χ3n) is 1.56. The standard InChI is InChI=1S/C7H10N2O2.2C2H6/c1-3-5-7(11)9(2)4-6(10)8-5;2*1-2/h3-4H2,1-2H3;2*1-2H3. The first-order valence-electron chi connectivity index (χ1n) is 5.51. The predicted octanol–water partition coefficient (Wildman–Crippen LogP) is 1.89. The van der Waals surface area contributed by atoms with Gasteiger partial charge in [0.15, 0.2) is 0 Å². The quantitative estimate of drug-likeness (QED) is 0.669. The molecule has 0 aromatic heterocycles. The van der Waals surface area contributed by atoms with Crippen molar-refractivity contribution >= 4 is 17.5 Å². The Balaban J connectivity index is 0. The highest BCUT2D eigenvalue weighted by Crippen LogP contribution is 2.00. The Kier molecular flexibility index (Phi) is 10.1. The molecule has 0 radical (unpaired) electrons. The Hall–Kier alpha value is -1.19. The van der Waals surface area contributed by atoms with Crippen LogP contribution in [0.3, 0.4) is 0 Å². The van der Waals surface area contributed by atoms with Crippen molar-refractivity contribution in [3.8, 4) is 0 Å². The second kappa shape index (κ2) is 9.37. The molecule has 4 heteroatoms. The molecule has 0 unspecified atom stereocenters. The largest absolute Gasteiger partial charge is 0.331 e. The van der Waals surface area contributed by atoms with Crippen molar-refractivity contribution in [2.24, 2.45) is 4.99 Å². The molecule has 1 aliphatic rings. The fraction of sp³-hybridized carbons (Fsp3) is 0.727. The molecule has 0 aliphatic carbocycles. The van der Waals surface area contributed by atoms with Crippen LogP contribution in [-0.2, 0) is 9.59 Å². The lowest BCUT2D eigenvalue weighted by atomic mass is 10.2. The van der Waals surface area contributed by atoms with Gasteiger partial charge in [0.05, 0.1) is 0 Å². The van der Waals surface area contributed by atoms with Gasteiger partial charge in [-0.05, 0) is 6.42 Å². The number of rotatable bonds is 1. The van der Waals surface area contributed by atoms with Crippen LogP contribution in [0, 0.1) is 0 Å². The van der Waals surface area contributed by atoms with Gasteiger partial charge in [0.1, 0.15) is 12.3 Å². The molecule has 0 saturated heterocycles. The molecule has 2 amide bonds. The molecule has 0 fully saturated rings. The summed E-state index contributed by atoms with van der Waals surface area (Å²) in [7, 11) is 1.60. The van der Waals surface area contributed by atoms with E-state index in [1.807, 2.05) is 34.6 Å². The van der Waals surface area contributed by atoms with E-state index >= 15 is 0 Å². The molecule has 88 valence electrons. The monoisotopic (exact) mass is 214 g/mol. The molecule has 15 heavy (non-hydrogen) atoms. The van der Waals surface area contributed by atoms with Crippen molar-refractivity contribution in [3.63, 3.8) is 0 Å². The molecule has 0 N–H and O–H groups in total. The van der Waals surface area contributed by atoms with Crippen molar-refractivity contribution in [2.45, 2.75) is 41.0 Å². The van der Waals surface area contributed by atoms with Crippen LogP contribution in [0.5, 0.6) is 0 Å². The molecular weight excluding hydrogens is 192 g/mol. The lowest BCUT2D eigenvalue weighted by Gasteiger charge is -2.19. The molecule has 1 aliphatic heterocycles. The predicted molar refractivity (Wildman–Crippen MR) is 63.1 cm³/mol. The van der Waals surface area contributed by atoms with Crippen LogP contribution in [0.25, 0.3) is 0 Å². The summed E-state index contributed by atoms with van der Waals surface area (Å²) in [5.41, 5.74) is 0.365. The number of carbonyl (C=O) groups excluding carboxylic acids is 2. The Bertz CT molecular complexity index is 235. The topological polar surface area (TPSA) is 49.7 Å². The van der Waals surface area contributed by atoms with E-state index in [0.29, 0.717) is 12.1 Å². The maximum atomic E-state index is 11.1. The average Bonchev–Trinajstić information content (AvgIpc) is 2.29. The SMILES string of the molecule is CC.CC.CCC1=NC(=O)CN(C)C1=O. The summed E-state index contributed by atoms with van der Waals surface area (Å²) in [6, 6.07) is 0. The van der Waals surface area contributed by atoms with E-state index in [4.69, 9.17) is 0 Å². The van der Waals surface area contributed by atoms with E-state index < -0.39 is 0 Å². The molecule has 1 heterocycles. The molecule has 0 atom stereocenters. The van der Waals surface area contributed by atoms with Crippen LogP contribution in [0.15, 0.2) is 4.99 Å². The van der Waals surface area contributed by atoms with Gasteiger partial charge in [-0.3, -0.25) is 9.59 Å². The van der Waals surface area contributed by atoms with E-state index in [2.05, 4.69) is 4.99 Å². The molecule has 1 rings (SSSR count). The van der Waals surface area contributed by atoms with Gasteiger partial charge >= 0.3 is 0 Å². The van der Waals surface area contributed by atoms with Gasteiger partial charge in [-0.2, -0.15) is 0 Å². The first-order chi connectivity index (χ1) is 7.15. The van der Waals surface area contributed by atoms with Gasteiger partial charge in [-0.25, -0.2) is 4.99 Å². The highest BCUT2D eigenvalue weighted by Gasteiger charge is 2.22. The summed E-state index contributed by atoms with van der Waals surface area (Å²) in [6.45, 7) is 9.92. The van der Waals surface area contributed by atoms with Gasteiger partial charge in [0.2, 0.25) is 0 Å². The van der Waals surface area contributed by atoms with Crippen molar-refractivity contribution < 1.29 is 9.59 Å². The lowest BCUT2D eigenvalue weighted by Crippen LogP contribution is -2.41. The second-order valence-electron chi connectivity index (χ2n) is 2.47. The Morgan fingerprint density at radius 1 is 1.20 bits per heavy atom. The number of hydrogen-bond donors (Lipinski definition) is 0. The van der Waals surface area contributed by atoms with Crippen molar-refractivity contribution in [1.29, 1.82) is 0 Å². The number of amides is 2. The average molecular weight is 214 g/mol. The highest BCUT2D eigenvalue weighted by atomic mass is 16.2. The minimum atomic E-state index is -0.232. The summed E-state index contributed by atoms with van der Waals surface area (Å²) >= 11 is 0. The summed E-state index contributed by atoms with van der Waals surface area (Å²) < 4.78 is 0. The molecule has 0 spiro atoms. The third-order valence-corrected chi connectivity index (χ3v) is 1.56. The summed E-state index contributed by atoms with van der Waals surface area (Å²) in [5, 5.41) is 0. The zero-order chi connectivity index (χ0) is 12.4. The maximum absolute atomic E-state index is 11.1. The number of aliphatic imine (C=N–C) groups is 1. The Morgan fingerprint density at radius 2 is 1.67 bits per heavy atom. The first-order valence-corrected chi connectivity index (χ1v) is 5.51. The molecule has 0 bridgehead atoms. The van der Waals surface area contributed by atoms with E-state index in [0.717, 1.165) is 0 Å². The van der Waals surface area contributed by atoms with Crippen LogP contribution in [0.4, 0.5) is 0 Å². The summed E-state index contributed by atoms with van der Waals surface area (Å²) in [5.74, 6) is -0.365. The van der Waals surface area contributed by atoms with Crippen LogP contribution in [0.2, 0.25) is 0 Å². The first kappa shape index (κ1) is 16.2. The zero-order valence-corrected chi connectivity index (χ0v) is 10.6. The van der Waals surface area contributed by atoms with E-state index in [-0.39, 0.29) is 18.4 Å². The number of nitrogens with zero attached hydrogens (tertiary/aromatic N) is 2. The smallest absolute Gasteiger partial charge is 0.268 e. The minimum absolute atomic E-state index is 0.113. The number of likely N-dealkylation sites (N-methyl/N-ethyl adjacent to an activating group) is 1. The number of hydrogen-bond acceptors (Lipinski definition) is 2. The Morgan fingerprint density at radius 3 is 2.07 bits per heavy atom. The highest BCUT2D eigenvalue weighted by molar-refractivity contribution is 6.41. The van der Waals surface area contributed by atoms with Crippen molar-refractivity contribution in [2.75, 3.05) is 13.6 Å². The second-order valence-corrected chi connectivity index (χ2v) is 2.47. The van der Waals surface area contributed by atoms with Crippen LogP contribution in [-0.4, -0.2) is 36.0 Å². The van der Waals surface area contributed by atoms with E-state index in [1.54, 1.807) is 7.05 Å². The van der Waals surface area contributed by atoms with Crippen molar-refractivity contribution in [1.82, 2.24) is 4.90 Å². The minimum Gasteiger partial charge on any atom is -0.331 e. The third kappa shape index (κ3) is 5.30.